The van der Waals surface area contributed by atoms with Crippen LogP contribution < -0.4 is 5.32 Å². The summed E-state index contributed by atoms with van der Waals surface area (Å²) in [5, 5.41) is 12.7. The van der Waals surface area contributed by atoms with Crippen molar-refractivity contribution in [3.63, 3.8) is 0 Å². The molecule has 2 heterocycles. The Morgan fingerprint density at radius 2 is 2.08 bits per heavy atom. The SMILES string of the molecule is Cl.OCC1CNCC12CCSCC2. The summed E-state index contributed by atoms with van der Waals surface area (Å²) < 4.78 is 0. The molecule has 0 saturated carbocycles. The Labute approximate surface area is 90.3 Å². The number of aliphatic hydroxyl groups excluding tert-OH is 1. The van der Waals surface area contributed by atoms with E-state index in [4.69, 9.17) is 0 Å². The fourth-order valence-electron chi connectivity index (χ4n) is 2.48. The van der Waals surface area contributed by atoms with Crippen molar-refractivity contribution in [3.05, 3.63) is 0 Å². The summed E-state index contributed by atoms with van der Waals surface area (Å²) in [6, 6.07) is 0. The predicted molar refractivity (Wildman–Crippen MR) is 59.7 cm³/mol. The number of hydrogen-bond donors (Lipinski definition) is 2. The molecule has 2 nitrogen and oxygen atoms in total. The predicted octanol–water partition coefficient (Wildman–Crippen LogP) is 1.13. The molecule has 2 fully saturated rings. The smallest absolute Gasteiger partial charge is 0.0477 e. The minimum absolute atomic E-state index is 0. The van der Waals surface area contributed by atoms with Crippen molar-refractivity contribution in [1.29, 1.82) is 0 Å². The highest BCUT2D eigenvalue weighted by Gasteiger charge is 2.42. The molecule has 13 heavy (non-hydrogen) atoms. The van der Waals surface area contributed by atoms with E-state index in [1.807, 2.05) is 0 Å². The van der Waals surface area contributed by atoms with Gasteiger partial charge < -0.3 is 10.4 Å². The Hall–Kier alpha value is 0.560. The van der Waals surface area contributed by atoms with E-state index < -0.39 is 0 Å². The number of hydrogen-bond acceptors (Lipinski definition) is 3. The lowest BCUT2D eigenvalue weighted by Gasteiger charge is -2.37. The van der Waals surface area contributed by atoms with E-state index in [2.05, 4.69) is 17.1 Å². The third kappa shape index (κ3) is 2.14. The molecule has 0 aromatic heterocycles. The van der Waals surface area contributed by atoms with Crippen molar-refractivity contribution in [1.82, 2.24) is 5.32 Å². The Morgan fingerprint density at radius 3 is 2.69 bits per heavy atom. The summed E-state index contributed by atoms with van der Waals surface area (Å²) in [5.74, 6) is 3.11. The van der Waals surface area contributed by atoms with Crippen LogP contribution in [0.2, 0.25) is 0 Å². The van der Waals surface area contributed by atoms with Crippen molar-refractivity contribution in [2.24, 2.45) is 11.3 Å². The van der Waals surface area contributed by atoms with Gasteiger partial charge in [0.25, 0.3) is 0 Å². The van der Waals surface area contributed by atoms with E-state index in [1.165, 1.54) is 24.3 Å². The first kappa shape index (κ1) is 11.6. The van der Waals surface area contributed by atoms with E-state index in [0.29, 0.717) is 17.9 Å². The van der Waals surface area contributed by atoms with Gasteiger partial charge in [0, 0.05) is 25.6 Å². The number of thioether (sulfide) groups is 1. The van der Waals surface area contributed by atoms with Gasteiger partial charge in [-0.3, -0.25) is 0 Å². The molecule has 2 aliphatic heterocycles. The average molecular weight is 224 g/mol. The fraction of sp³-hybridized carbons (Fsp3) is 1.00. The standard InChI is InChI=1S/C9H17NOS.ClH/c11-6-8-5-10-7-9(8)1-3-12-4-2-9;/h8,10-11H,1-7H2;1H. The molecule has 78 valence electrons. The Bertz CT molecular complexity index is 162. The minimum Gasteiger partial charge on any atom is -0.396 e. The highest BCUT2D eigenvalue weighted by Crippen LogP contribution is 2.43. The van der Waals surface area contributed by atoms with Crippen LogP contribution in [0, 0.1) is 11.3 Å². The zero-order valence-electron chi connectivity index (χ0n) is 7.79. The first-order valence-electron chi connectivity index (χ1n) is 4.77. The molecule has 4 heteroatoms. The van der Waals surface area contributed by atoms with E-state index in [-0.39, 0.29) is 12.4 Å². The second-order valence-electron chi connectivity index (χ2n) is 3.99. The molecular formula is C9H18ClNOS. The van der Waals surface area contributed by atoms with Gasteiger partial charge in [-0.15, -0.1) is 12.4 Å². The average Bonchev–Trinajstić information content (AvgIpc) is 2.49. The van der Waals surface area contributed by atoms with Gasteiger partial charge in [-0.05, 0) is 29.8 Å². The summed E-state index contributed by atoms with van der Waals surface area (Å²) in [5.41, 5.74) is 0.458. The van der Waals surface area contributed by atoms with Crippen LogP contribution in [0.15, 0.2) is 0 Å². The highest BCUT2D eigenvalue weighted by molar-refractivity contribution is 7.99. The molecule has 0 bridgehead atoms. The third-order valence-corrected chi connectivity index (χ3v) is 4.43. The van der Waals surface area contributed by atoms with Crippen molar-refractivity contribution in [3.8, 4) is 0 Å². The summed E-state index contributed by atoms with van der Waals surface area (Å²) in [4.78, 5) is 0. The Morgan fingerprint density at radius 1 is 1.38 bits per heavy atom. The molecule has 2 N–H and O–H groups in total. The lowest BCUT2D eigenvalue weighted by molar-refractivity contribution is 0.123. The first-order chi connectivity index (χ1) is 5.87. The van der Waals surface area contributed by atoms with Crippen LogP contribution in [-0.4, -0.2) is 36.3 Å². The molecule has 1 spiro atoms. The van der Waals surface area contributed by atoms with Gasteiger partial charge in [0.1, 0.15) is 0 Å². The van der Waals surface area contributed by atoms with E-state index in [1.54, 1.807) is 0 Å². The summed E-state index contributed by atoms with van der Waals surface area (Å²) in [6.07, 6.45) is 2.60. The summed E-state index contributed by atoms with van der Waals surface area (Å²) in [6.45, 7) is 2.54. The van der Waals surface area contributed by atoms with E-state index >= 15 is 0 Å². The second-order valence-corrected chi connectivity index (χ2v) is 5.21. The molecule has 0 aromatic rings. The van der Waals surface area contributed by atoms with Crippen LogP contribution in [0.3, 0.4) is 0 Å². The Balaban J connectivity index is 0.000000845. The number of rotatable bonds is 1. The van der Waals surface area contributed by atoms with E-state index in [0.717, 1.165) is 13.1 Å². The zero-order chi connectivity index (χ0) is 8.44. The van der Waals surface area contributed by atoms with E-state index in [9.17, 15) is 5.11 Å². The van der Waals surface area contributed by atoms with Gasteiger partial charge in [-0.1, -0.05) is 0 Å². The number of halogens is 1. The number of nitrogens with one attached hydrogen (secondary N) is 1. The van der Waals surface area contributed by atoms with Gasteiger partial charge in [0.05, 0.1) is 0 Å². The van der Waals surface area contributed by atoms with Gasteiger partial charge in [-0.2, -0.15) is 11.8 Å². The van der Waals surface area contributed by atoms with Crippen molar-refractivity contribution in [2.45, 2.75) is 12.8 Å². The third-order valence-electron chi connectivity index (χ3n) is 3.44. The maximum Gasteiger partial charge on any atom is 0.0477 e. The van der Waals surface area contributed by atoms with Gasteiger partial charge in [-0.25, -0.2) is 0 Å². The monoisotopic (exact) mass is 223 g/mol. The van der Waals surface area contributed by atoms with Crippen molar-refractivity contribution in [2.75, 3.05) is 31.2 Å². The number of aliphatic hydroxyl groups is 1. The van der Waals surface area contributed by atoms with Crippen molar-refractivity contribution >= 4 is 24.2 Å². The topological polar surface area (TPSA) is 32.3 Å². The summed E-state index contributed by atoms with van der Waals surface area (Å²) >= 11 is 2.06. The maximum absolute atomic E-state index is 9.24. The van der Waals surface area contributed by atoms with Crippen LogP contribution in [0.25, 0.3) is 0 Å². The largest absolute Gasteiger partial charge is 0.396 e. The van der Waals surface area contributed by atoms with Crippen molar-refractivity contribution < 1.29 is 5.11 Å². The molecule has 2 saturated heterocycles. The molecule has 0 aromatic carbocycles. The lowest BCUT2D eigenvalue weighted by Crippen LogP contribution is -2.35. The maximum atomic E-state index is 9.24. The van der Waals surface area contributed by atoms with Gasteiger partial charge >= 0.3 is 0 Å². The molecule has 0 radical (unpaired) electrons. The first-order valence-corrected chi connectivity index (χ1v) is 5.92. The lowest BCUT2D eigenvalue weighted by atomic mass is 9.74. The minimum atomic E-state index is 0. The Kier molecular flexibility index (Phi) is 4.36. The molecule has 0 amide bonds. The fourth-order valence-corrected chi connectivity index (χ4v) is 3.78. The molecule has 1 unspecified atom stereocenters. The molecule has 2 rings (SSSR count). The second kappa shape index (κ2) is 4.87. The molecule has 0 aliphatic carbocycles. The van der Waals surface area contributed by atoms with Crippen LogP contribution in [-0.2, 0) is 0 Å². The van der Waals surface area contributed by atoms with Crippen LogP contribution >= 0.6 is 24.2 Å². The molecule has 2 aliphatic rings. The van der Waals surface area contributed by atoms with Gasteiger partial charge in [0.2, 0.25) is 0 Å². The molecule has 1 atom stereocenters. The quantitative estimate of drug-likeness (QED) is 0.699. The van der Waals surface area contributed by atoms with Crippen LogP contribution in [0.1, 0.15) is 12.8 Å². The van der Waals surface area contributed by atoms with Gasteiger partial charge in [0.15, 0.2) is 0 Å². The zero-order valence-corrected chi connectivity index (χ0v) is 9.42. The van der Waals surface area contributed by atoms with Crippen LogP contribution in [0.5, 0.6) is 0 Å². The molecular weight excluding hydrogens is 206 g/mol. The highest BCUT2D eigenvalue weighted by atomic mass is 35.5. The van der Waals surface area contributed by atoms with Crippen LogP contribution in [0.4, 0.5) is 0 Å². The normalized spacial score (nSPS) is 31.6. The summed E-state index contributed by atoms with van der Waals surface area (Å²) in [7, 11) is 0.